The summed E-state index contributed by atoms with van der Waals surface area (Å²) < 4.78 is 23.7. The third kappa shape index (κ3) is 4.72. The maximum Gasteiger partial charge on any atom is 0.239 e. The Morgan fingerprint density at radius 3 is 2.68 bits per heavy atom. The molecular formula is C21H20N4O3S3. The molecule has 4 aromatic rings. The topological polar surface area (TPSA) is 115 Å². The van der Waals surface area contributed by atoms with Crippen molar-refractivity contribution >= 4 is 65.3 Å². The highest BCUT2D eigenvalue weighted by Gasteiger charge is 2.21. The highest BCUT2D eigenvalue weighted by molar-refractivity contribution is 8.00. The number of fused-ring (bicyclic) bond motifs is 2. The number of thioether (sulfide) groups is 1. The number of carbonyl (C=O) groups excluding carboxylic acids is 1. The van der Waals surface area contributed by atoms with Crippen LogP contribution in [0.1, 0.15) is 18.9 Å². The van der Waals surface area contributed by atoms with E-state index in [0.29, 0.717) is 21.8 Å². The summed E-state index contributed by atoms with van der Waals surface area (Å²) in [6, 6.07) is 14.4. The molecule has 0 aliphatic heterocycles. The van der Waals surface area contributed by atoms with E-state index in [1.807, 2.05) is 44.2 Å². The molecule has 0 aliphatic carbocycles. The number of anilines is 1. The molecule has 2 heterocycles. The van der Waals surface area contributed by atoms with Gasteiger partial charge in [-0.15, -0.1) is 0 Å². The standard InChI is InChI=1S/C21H20N4O3S3/c1-3-17(29-19-10-12(2)14-6-4-5-7-15(14)23-19)20(26)25-21-24-16-9-8-13(31(22,27)28)11-18(16)30-21/h4-11,17H,3H2,1-2H3,(H2,22,27,28)(H,24,25,26). The first-order chi connectivity index (χ1) is 14.7. The van der Waals surface area contributed by atoms with Crippen LogP contribution in [0.15, 0.2) is 58.5 Å². The quantitative estimate of drug-likeness (QED) is 0.404. The van der Waals surface area contributed by atoms with Crippen LogP contribution >= 0.6 is 23.1 Å². The highest BCUT2D eigenvalue weighted by Crippen LogP contribution is 2.31. The average Bonchev–Trinajstić information content (AvgIpc) is 3.12. The number of carbonyl (C=O) groups is 1. The van der Waals surface area contributed by atoms with Crippen molar-refractivity contribution in [3.05, 3.63) is 54.1 Å². The minimum atomic E-state index is -3.80. The number of amides is 1. The van der Waals surface area contributed by atoms with Crippen LogP contribution in [0.4, 0.5) is 5.13 Å². The van der Waals surface area contributed by atoms with E-state index in [0.717, 1.165) is 21.5 Å². The van der Waals surface area contributed by atoms with Gasteiger partial charge in [-0.25, -0.2) is 23.5 Å². The summed E-state index contributed by atoms with van der Waals surface area (Å²) in [5.41, 5.74) is 2.61. The van der Waals surface area contributed by atoms with Gasteiger partial charge in [0.05, 0.1) is 30.9 Å². The number of sulfonamides is 1. The molecule has 2 aromatic carbocycles. The average molecular weight is 473 g/mol. The molecule has 0 aliphatic rings. The zero-order valence-electron chi connectivity index (χ0n) is 16.8. The third-order valence-corrected chi connectivity index (χ3v) is 7.87. The van der Waals surface area contributed by atoms with Crippen LogP contribution in [-0.4, -0.2) is 29.5 Å². The van der Waals surface area contributed by atoms with Crippen molar-refractivity contribution in [1.29, 1.82) is 0 Å². The molecular weight excluding hydrogens is 452 g/mol. The number of nitrogens with two attached hydrogens (primary N) is 1. The zero-order chi connectivity index (χ0) is 22.2. The molecule has 10 heteroatoms. The second-order valence-electron chi connectivity index (χ2n) is 6.99. The van der Waals surface area contributed by atoms with Gasteiger partial charge in [-0.2, -0.15) is 0 Å². The lowest BCUT2D eigenvalue weighted by Crippen LogP contribution is -2.24. The lowest BCUT2D eigenvalue weighted by Gasteiger charge is -2.14. The van der Waals surface area contributed by atoms with Crippen molar-refractivity contribution < 1.29 is 13.2 Å². The Hall–Kier alpha value is -2.53. The fourth-order valence-electron chi connectivity index (χ4n) is 3.17. The molecule has 7 nitrogen and oxygen atoms in total. The maximum absolute atomic E-state index is 12.9. The van der Waals surface area contributed by atoms with E-state index in [9.17, 15) is 13.2 Å². The van der Waals surface area contributed by atoms with Gasteiger partial charge in [-0.3, -0.25) is 4.79 Å². The number of rotatable bonds is 6. The number of aryl methyl sites for hydroxylation is 1. The van der Waals surface area contributed by atoms with Gasteiger partial charge in [0.1, 0.15) is 0 Å². The number of hydrogen-bond acceptors (Lipinski definition) is 7. The van der Waals surface area contributed by atoms with Gasteiger partial charge in [-0.05, 0) is 49.2 Å². The minimum Gasteiger partial charge on any atom is -0.301 e. The van der Waals surface area contributed by atoms with Crippen LogP contribution in [0.5, 0.6) is 0 Å². The predicted octanol–water partition coefficient (Wildman–Crippen LogP) is 4.31. The van der Waals surface area contributed by atoms with E-state index in [-0.39, 0.29) is 16.1 Å². The van der Waals surface area contributed by atoms with E-state index < -0.39 is 10.0 Å². The Labute approximate surface area is 188 Å². The molecule has 0 saturated carbocycles. The van der Waals surface area contributed by atoms with Gasteiger partial charge in [0, 0.05) is 5.39 Å². The number of nitrogens with zero attached hydrogens (tertiary/aromatic N) is 2. The van der Waals surface area contributed by atoms with Crippen LogP contribution in [0, 0.1) is 6.92 Å². The Balaban J connectivity index is 1.54. The molecule has 160 valence electrons. The number of para-hydroxylation sites is 1. The lowest BCUT2D eigenvalue weighted by atomic mass is 10.1. The van der Waals surface area contributed by atoms with Crippen LogP contribution in [-0.2, 0) is 14.8 Å². The number of hydrogen-bond donors (Lipinski definition) is 2. The SMILES string of the molecule is CCC(Sc1cc(C)c2ccccc2n1)C(=O)Nc1nc2ccc(S(N)(=O)=O)cc2s1. The first-order valence-electron chi connectivity index (χ1n) is 9.52. The molecule has 0 radical (unpaired) electrons. The third-order valence-electron chi connectivity index (χ3n) is 4.74. The van der Waals surface area contributed by atoms with E-state index >= 15 is 0 Å². The van der Waals surface area contributed by atoms with Crippen LogP contribution < -0.4 is 10.5 Å². The van der Waals surface area contributed by atoms with E-state index in [1.54, 1.807) is 6.07 Å². The van der Waals surface area contributed by atoms with Gasteiger partial charge in [-0.1, -0.05) is 48.2 Å². The summed E-state index contributed by atoms with van der Waals surface area (Å²) >= 11 is 2.62. The van der Waals surface area contributed by atoms with Crippen LogP contribution in [0.2, 0.25) is 0 Å². The van der Waals surface area contributed by atoms with Crippen molar-refractivity contribution in [1.82, 2.24) is 9.97 Å². The van der Waals surface area contributed by atoms with Crippen molar-refractivity contribution in [3.63, 3.8) is 0 Å². The second-order valence-corrected chi connectivity index (χ2v) is 10.8. The fourth-order valence-corrected chi connectivity index (χ4v) is 5.71. The van der Waals surface area contributed by atoms with Crippen molar-refractivity contribution in [3.8, 4) is 0 Å². The number of benzene rings is 2. The fraction of sp³-hybridized carbons (Fsp3) is 0.190. The minimum absolute atomic E-state index is 0.0151. The molecule has 0 bridgehead atoms. The smallest absolute Gasteiger partial charge is 0.239 e. The van der Waals surface area contributed by atoms with Crippen LogP contribution in [0.25, 0.3) is 21.1 Å². The largest absolute Gasteiger partial charge is 0.301 e. The van der Waals surface area contributed by atoms with Crippen molar-refractivity contribution in [2.75, 3.05) is 5.32 Å². The van der Waals surface area contributed by atoms with Gasteiger partial charge >= 0.3 is 0 Å². The molecule has 1 unspecified atom stereocenters. The molecule has 0 saturated heterocycles. The van der Waals surface area contributed by atoms with Gasteiger partial charge < -0.3 is 5.32 Å². The number of primary sulfonamides is 1. The Morgan fingerprint density at radius 2 is 1.94 bits per heavy atom. The highest BCUT2D eigenvalue weighted by atomic mass is 32.2. The Bertz CT molecular complexity index is 1400. The Morgan fingerprint density at radius 1 is 1.16 bits per heavy atom. The molecule has 0 spiro atoms. The first kappa shape index (κ1) is 21.7. The lowest BCUT2D eigenvalue weighted by molar-refractivity contribution is -0.115. The van der Waals surface area contributed by atoms with Crippen molar-refractivity contribution in [2.24, 2.45) is 5.14 Å². The van der Waals surface area contributed by atoms with Gasteiger partial charge in [0.15, 0.2) is 5.13 Å². The zero-order valence-corrected chi connectivity index (χ0v) is 19.3. The summed E-state index contributed by atoms with van der Waals surface area (Å²) in [6.07, 6.45) is 0.616. The van der Waals surface area contributed by atoms with Crippen LogP contribution in [0.3, 0.4) is 0 Å². The summed E-state index contributed by atoms with van der Waals surface area (Å²) in [5.74, 6) is -0.175. The normalized spacial score (nSPS) is 12.9. The molecule has 4 rings (SSSR count). The number of aromatic nitrogens is 2. The monoisotopic (exact) mass is 472 g/mol. The van der Waals surface area contributed by atoms with Crippen molar-refractivity contribution in [2.45, 2.75) is 35.4 Å². The predicted molar refractivity (Wildman–Crippen MR) is 126 cm³/mol. The molecule has 1 amide bonds. The van der Waals surface area contributed by atoms with Gasteiger partial charge in [0.2, 0.25) is 15.9 Å². The first-order valence-corrected chi connectivity index (χ1v) is 12.8. The second kappa shape index (κ2) is 8.54. The van der Waals surface area contributed by atoms with E-state index in [1.165, 1.54) is 35.2 Å². The summed E-state index contributed by atoms with van der Waals surface area (Å²) in [5, 5.41) is 9.99. The summed E-state index contributed by atoms with van der Waals surface area (Å²) in [6.45, 7) is 3.98. The van der Waals surface area contributed by atoms with E-state index in [4.69, 9.17) is 5.14 Å². The molecule has 3 N–H and O–H groups in total. The van der Waals surface area contributed by atoms with Gasteiger partial charge in [0.25, 0.3) is 0 Å². The molecule has 2 aromatic heterocycles. The summed E-state index contributed by atoms with van der Waals surface area (Å²) in [4.78, 5) is 22.0. The molecule has 1 atom stereocenters. The maximum atomic E-state index is 12.9. The van der Waals surface area contributed by atoms with E-state index in [2.05, 4.69) is 15.3 Å². The molecule has 31 heavy (non-hydrogen) atoms. The summed E-state index contributed by atoms with van der Waals surface area (Å²) in [7, 11) is -3.80. The number of thiazole rings is 1. The number of pyridine rings is 1. The number of nitrogens with one attached hydrogen (secondary N) is 1. The molecule has 0 fully saturated rings. The Kier molecular flexibility index (Phi) is 5.98.